The first-order valence-corrected chi connectivity index (χ1v) is 7.23. The SMILES string of the molecule is CCc1cc(NCCCCSC)nc(C)n1. The zero-order valence-electron chi connectivity index (χ0n) is 10.4. The summed E-state index contributed by atoms with van der Waals surface area (Å²) in [7, 11) is 0. The number of aromatic nitrogens is 2. The van der Waals surface area contributed by atoms with E-state index in [9.17, 15) is 0 Å². The zero-order chi connectivity index (χ0) is 11.8. The Hall–Kier alpha value is -0.770. The van der Waals surface area contributed by atoms with Gasteiger partial charge in [-0.1, -0.05) is 6.92 Å². The summed E-state index contributed by atoms with van der Waals surface area (Å²) >= 11 is 1.90. The fraction of sp³-hybridized carbons (Fsp3) is 0.667. The highest BCUT2D eigenvalue weighted by Gasteiger charge is 1.99. The number of nitrogens with one attached hydrogen (secondary N) is 1. The summed E-state index contributed by atoms with van der Waals surface area (Å²) < 4.78 is 0. The van der Waals surface area contributed by atoms with Gasteiger partial charge in [0.2, 0.25) is 0 Å². The van der Waals surface area contributed by atoms with Gasteiger partial charge in [-0.25, -0.2) is 9.97 Å². The number of aryl methyl sites for hydroxylation is 2. The van der Waals surface area contributed by atoms with Crippen molar-refractivity contribution < 1.29 is 0 Å². The van der Waals surface area contributed by atoms with E-state index in [-0.39, 0.29) is 0 Å². The van der Waals surface area contributed by atoms with Crippen LogP contribution in [0.1, 0.15) is 31.3 Å². The maximum absolute atomic E-state index is 4.37. The molecule has 0 bridgehead atoms. The molecule has 3 nitrogen and oxygen atoms in total. The minimum Gasteiger partial charge on any atom is -0.370 e. The first kappa shape index (κ1) is 13.3. The number of anilines is 1. The molecular weight excluding hydrogens is 218 g/mol. The van der Waals surface area contributed by atoms with Gasteiger partial charge in [-0.15, -0.1) is 0 Å². The molecule has 0 aliphatic heterocycles. The maximum Gasteiger partial charge on any atom is 0.129 e. The van der Waals surface area contributed by atoms with Crippen molar-refractivity contribution in [2.75, 3.05) is 23.9 Å². The van der Waals surface area contributed by atoms with Crippen molar-refractivity contribution in [2.45, 2.75) is 33.1 Å². The molecule has 1 heterocycles. The number of thioether (sulfide) groups is 1. The summed E-state index contributed by atoms with van der Waals surface area (Å²) in [6, 6.07) is 2.04. The Morgan fingerprint density at radius 2 is 2.12 bits per heavy atom. The van der Waals surface area contributed by atoms with Gasteiger partial charge in [-0.2, -0.15) is 11.8 Å². The van der Waals surface area contributed by atoms with E-state index in [1.807, 2.05) is 24.8 Å². The lowest BCUT2D eigenvalue weighted by Crippen LogP contribution is -2.06. The van der Waals surface area contributed by atoms with Crippen molar-refractivity contribution in [2.24, 2.45) is 0 Å². The number of rotatable bonds is 7. The van der Waals surface area contributed by atoms with Crippen LogP contribution in [0.2, 0.25) is 0 Å². The molecule has 90 valence electrons. The van der Waals surface area contributed by atoms with E-state index in [1.165, 1.54) is 18.6 Å². The average Bonchev–Trinajstić information content (AvgIpc) is 2.28. The molecule has 1 rings (SSSR count). The molecule has 0 saturated heterocycles. The summed E-state index contributed by atoms with van der Waals surface area (Å²) in [6.07, 6.45) is 5.57. The molecule has 1 N–H and O–H groups in total. The predicted octanol–water partition coefficient (Wildman–Crippen LogP) is 2.90. The second-order valence-electron chi connectivity index (χ2n) is 3.77. The van der Waals surface area contributed by atoms with E-state index in [1.54, 1.807) is 0 Å². The highest BCUT2D eigenvalue weighted by molar-refractivity contribution is 7.98. The molecular formula is C12H21N3S. The largest absolute Gasteiger partial charge is 0.370 e. The summed E-state index contributed by atoms with van der Waals surface area (Å²) in [6.45, 7) is 5.06. The molecule has 0 aliphatic rings. The highest BCUT2D eigenvalue weighted by Crippen LogP contribution is 2.07. The van der Waals surface area contributed by atoms with E-state index in [0.29, 0.717) is 0 Å². The molecule has 0 aromatic carbocycles. The van der Waals surface area contributed by atoms with Crippen molar-refractivity contribution >= 4 is 17.6 Å². The second-order valence-corrected chi connectivity index (χ2v) is 4.76. The van der Waals surface area contributed by atoms with E-state index >= 15 is 0 Å². The third-order valence-corrected chi connectivity index (χ3v) is 3.03. The molecule has 0 spiro atoms. The zero-order valence-corrected chi connectivity index (χ0v) is 11.2. The summed E-state index contributed by atoms with van der Waals surface area (Å²) in [5.41, 5.74) is 1.11. The van der Waals surface area contributed by atoms with Crippen molar-refractivity contribution in [3.8, 4) is 0 Å². The Labute approximate surface area is 102 Å². The minimum atomic E-state index is 0.853. The third-order valence-electron chi connectivity index (χ3n) is 2.33. The van der Waals surface area contributed by atoms with Gasteiger partial charge in [0.1, 0.15) is 11.6 Å². The van der Waals surface area contributed by atoms with E-state index in [2.05, 4.69) is 28.5 Å². The van der Waals surface area contributed by atoms with Gasteiger partial charge in [0.25, 0.3) is 0 Å². The topological polar surface area (TPSA) is 37.8 Å². The Bertz CT molecular complexity index is 315. The number of unbranched alkanes of at least 4 members (excludes halogenated alkanes) is 1. The quantitative estimate of drug-likeness (QED) is 0.742. The van der Waals surface area contributed by atoms with Gasteiger partial charge < -0.3 is 5.32 Å². The van der Waals surface area contributed by atoms with E-state index < -0.39 is 0 Å². The van der Waals surface area contributed by atoms with Crippen molar-refractivity contribution in [3.63, 3.8) is 0 Å². The van der Waals surface area contributed by atoms with Crippen LogP contribution in [0.25, 0.3) is 0 Å². The van der Waals surface area contributed by atoms with Gasteiger partial charge in [-0.05, 0) is 38.2 Å². The van der Waals surface area contributed by atoms with Crippen LogP contribution in [0.5, 0.6) is 0 Å². The molecule has 0 aliphatic carbocycles. The van der Waals surface area contributed by atoms with Crippen molar-refractivity contribution in [1.82, 2.24) is 9.97 Å². The smallest absolute Gasteiger partial charge is 0.129 e. The standard InChI is InChI=1S/C12H21N3S/c1-4-11-9-12(15-10(2)14-11)13-7-5-6-8-16-3/h9H,4-8H2,1-3H3,(H,13,14,15). The number of hydrogen-bond acceptors (Lipinski definition) is 4. The van der Waals surface area contributed by atoms with Gasteiger partial charge in [0.15, 0.2) is 0 Å². The van der Waals surface area contributed by atoms with Crippen LogP contribution < -0.4 is 5.32 Å². The third kappa shape index (κ3) is 4.84. The van der Waals surface area contributed by atoms with Crippen LogP contribution >= 0.6 is 11.8 Å². The summed E-state index contributed by atoms with van der Waals surface area (Å²) in [4.78, 5) is 8.73. The van der Waals surface area contributed by atoms with Gasteiger partial charge >= 0.3 is 0 Å². The molecule has 0 amide bonds. The van der Waals surface area contributed by atoms with Gasteiger partial charge in [-0.3, -0.25) is 0 Å². The van der Waals surface area contributed by atoms with Crippen molar-refractivity contribution in [3.05, 3.63) is 17.6 Å². The first-order chi connectivity index (χ1) is 7.76. The van der Waals surface area contributed by atoms with Crippen LogP contribution in [0.4, 0.5) is 5.82 Å². The van der Waals surface area contributed by atoms with Crippen LogP contribution in [-0.4, -0.2) is 28.5 Å². The fourth-order valence-electron chi connectivity index (χ4n) is 1.49. The Morgan fingerprint density at radius 1 is 1.31 bits per heavy atom. The number of nitrogens with zero attached hydrogens (tertiary/aromatic N) is 2. The highest BCUT2D eigenvalue weighted by atomic mass is 32.2. The van der Waals surface area contributed by atoms with Crippen LogP contribution in [-0.2, 0) is 6.42 Å². The fourth-order valence-corrected chi connectivity index (χ4v) is 1.98. The van der Waals surface area contributed by atoms with Crippen LogP contribution in [0.3, 0.4) is 0 Å². The Morgan fingerprint density at radius 3 is 2.81 bits per heavy atom. The molecule has 1 aromatic rings. The lowest BCUT2D eigenvalue weighted by molar-refractivity contribution is 0.835. The number of hydrogen-bond donors (Lipinski definition) is 1. The van der Waals surface area contributed by atoms with E-state index in [4.69, 9.17) is 0 Å². The molecule has 16 heavy (non-hydrogen) atoms. The monoisotopic (exact) mass is 239 g/mol. The van der Waals surface area contributed by atoms with Crippen molar-refractivity contribution in [1.29, 1.82) is 0 Å². The molecule has 0 saturated carbocycles. The van der Waals surface area contributed by atoms with Crippen LogP contribution in [0.15, 0.2) is 6.07 Å². The Kier molecular flexibility index (Phi) is 6.23. The minimum absolute atomic E-state index is 0.853. The van der Waals surface area contributed by atoms with Crippen LogP contribution in [0, 0.1) is 6.92 Å². The molecule has 0 radical (unpaired) electrons. The molecule has 0 atom stereocenters. The Balaban J connectivity index is 2.38. The second kappa shape index (κ2) is 7.49. The molecule has 0 unspecified atom stereocenters. The summed E-state index contributed by atoms with van der Waals surface area (Å²) in [5.74, 6) is 3.06. The normalized spacial score (nSPS) is 10.4. The lowest BCUT2D eigenvalue weighted by atomic mass is 10.3. The molecule has 1 aromatic heterocycles. The predicted molar refractivity (Wildman–Crippen MR) is 72.3 cm³/mol. The molecule has 4 heteroatoms. The van der Waals surface area contributed by atoms with E-state index in [0.717, 1.165) is 30.3 Å². The summed E-state index contributed by atoms with van der Waals surface area (Å²) in [5, 5.41) is 3.36. The average molecular weight is 239 g/mol. The van der Waals surface area contributed by atoms with Gasteiger partial charge in [0, 0.05) is 18.3 Å². The first-order valence-electron chi connectivity index (χ1n) is 5.83. The lowest BCUT2D eigenvalue weighted by Gasteiger charge is -2.07. The van der Waals surface area contributed by atoms with Gasteiger partial charge in [0.05, 0.1) is 0 Å². The maximum atomic E-state index is 4.37. The molecule has 0 fully saturated rings.